The molecule has 2 fully saturated rings. The van der Waals surface area contributed by atoms with Crippen molar-refractivity contribution < 1.29 is 9.59 Å². The SMILES string of the molecule is CC(NC(=O)C1CSC2(C)CCC(=O)N12)c1cn[nH]c1. The zero-order valence-corrected chi connectivity index (χ0v) is 12.4. The minimum atomic E-state index is -0.352. The Morgan fingerprint density at radius 2 is 2.50 bits per heavy atom. The van der Waals surface area contributed by atoms with Crippen LogP contribution >= 0.6 is 11.8 Å². The van der Waals surface area contributed by atoms with Crippen molar-refractivity contribution in [2.24, 2.45) is 0 Å². The van der Waals surface area contributed by atoms with Crippen LogP contribution in [0.4, 0.5) is 0 Å². The number of amides is 2. The molecule has 2 aliphatic heterocycles. The summed E-state index contributed by atoms with van der Waals surface area (Å²) in [5.74, 6) is 0.686. The van der Waals surface area contributed by atoms with E-state index in [1.165, 1.54) is 0 Å². The van der Waals surface area contributed by atoms with E-state index in [-0.39, 0.29) is 28.8 Å². The second kappa shape index (κ2) is 4.80. The molecule has 1 aromatic rings. The van der Waals surface area contributed by atoms with Gasteiger partial charge in [0, 0.05) is 23.9 Å². The third-order valence-corrected chi connectivity index (χ3v) is 5.63. The Hall–Kier alpha value is -1.50. The van der Waals surface area contributed by atoms with Gasteiger partial charge in [0.25, 0.3) is 0 Å². The number of thioether (sulfide) groups is 1. The van der Waals surface area contributed by atoms with Crippen molar-refractivity contribution in [3.8, 4) is 0 Å². The molecule has 6 nitrogen and oxygen atoms in total. The molecule has 0 saturated carbocycles. The van der Waals surface area contributed by atoms with Gasteiger partial charge in [-0.05, 0) is 20.3 Å². The average molecular weight is 294 g/mol. The maximum Gasteiger partial charge on any atom is 0.244 e. The Kier molecular flexibility index (Phi) is 3.24. The van der Waals surface area contributed by atoms with Gasteiger partial charge < -0.3 is 10.2 Å². The van der Waals surface area contributed by atoms with Crippen LogP contribution in [-0.2, 0) is 9.59 Å². The molecule has 3 heterocycles. The summed E-state index contributed by atoms with van der Waals surface area (Å²) >= 11 is 1.71. The molecule has 2 aliphatic rings. The summed E-state index contributed by atoms with van der Waals surface area (Å²) in [6.45, 7) is 3.96. The molecule has 108 valence electrons. The van der Waals surface area contributed by atoms with Crippen LogP contribution < -0.4 is 5.32 Å². The van der Waals surface area contributed by atoms with E-state index in [0.717, 1.165) is 12.0 Å². The van der Waals surface area contributed by atoms with Crippen LogP contribution in [0, 0.1) is 0 Å². The molecule has 20 heavy (non-hydrogen) atoms. The monoisotopic (exact) mass is 294 g/mol. The second-order valence-electron chi connectivity index (χ2n) is 5.53. The van der Waals surface area contributed by atoms with E-state index in [0.29, 0.717) is 12.2 Å². The first kappa shape index (κ1) is 13.5. The van der Waals surface area contributed by atoms with Gasteiger partial charge in [-0.2, -0.15) is 5.10 Å². The number of nitrogens with one attached hydrogen (secondary N) is 2. The average Bonchev–Trinajstić information content (AvgIpc) is 3.08. The summed E-state index contributed by atoms with van der Waals surface area (Å²) in [5, 5.41) is 9.58. The number of nitrogens with zero attached hydrogens (tertiary/aromatic N) is 2. The first-order chi connectivity index (χ1) is 9.51. The van der Waals surface area contributed by atoms with Gasteiger partial charge in [0.2, 0.25) is 11.8 Å². The van der Waals surface area contributed by atoms with Gasteiger partial charge in [-0.3, -0.25) is 14.7 Å². The minimum absolute atomic E-state index is 0.0785. The number of hydrogen-bond donors (Lipinski definition) is 2. The molecule has 0 spiro atoms. The van der Waals surface area contributed by atoms with Crippen molar-refractivity contribution in [1.29, 1.82) is 0 Å². The molecule has 0 aromatic carbocycles. The third kappa shape index (κ3) is 2.09. The van der Waals surface area contributed by atoms with E-state index >= 15 is 0 Å². The van der Waals surface area contributed by atoms with Crippen molar-refractivity contribution in [1.82, 2.24) is 20.4 Å². The highest BCUT2D eigenvalue weighted by Gasteiger charge is 2.52. The highest BCUT2D eigenvalue weighted by Crippen LogP contribution is 2.47. The highest BCUT2D eigenvalue weighted by molar-refractivity contribution is 8.01. The van der Waals surface area contributed by atoms with Crippen LogP contribution in [0.2, 0.25) is 0 Å². The van der Waals surface area contributed by atoms with Gasteiger partial charge in [0.15, 0.2) is 0 Å². The molecular weight excluding hydrogens is 276 g/mol. The second-order valence-corrected chi connectivity index (χ2v) is 7.03. The molecule has 0 bridgehead atoms. The summed E-state index contributed by atoms with van der Waals surface area (Å²) in [6, 6.07) is -0.467. The summed E-state index contributed by atoms with van der Waals surface area (Å²) in [7, 11) is 0. The number of rotatable bonds is 3. The van der Waals surface area contributed by atoms with Crippen molar-refractivity contribution in [2.45, 2.75) is 43.6 Å². The number of fused-ring (bicyclic) bond motifs is 1. The highest BCUT2D eigenvalue weighted by atomic mass is 32.2. The van der Waals surface area contributed by atoms with E-state index < -0.39 is 0 Å². The zero-order chi connectivity index (χ0) is 14.3. The van der Waals surface area contributed by atoms with E-state index in [2.05, 4.69) is 22.4 Å². The molecule has 2 N–H and O–H groups in total. The largest absolute Gasteiger partial charge is 0.348 e. The smallest absolute Gasteiger partial charge is 0.244 e. The van der Waals surface area contributed by atoms with Crippen LogP contribution in [0.3, 0.4) is 0 Å². The summed E-state index contributed by atoms with van der Waals surface area (Å²) in [6.07, 6.45) is 4.83. The quantitative estimate of drug-likeness (QED) is 0.873. The van der Waals surface area contributed by atoms with Gasteiger partial charge in [-0.15, -0.1) is 11.8 Å². The van der Waals surface area contributed by atoms with Crippen molar-refractivity contribution >= 4 is 23.6 Å². The van der Waals surface area contributed by atoms with Gasteiger partial charge >= 0.3 is 0 Å². The maximum atomic E-state index is 12.4. The fourth-order valence-corrected chi connectivity index (χ4v) is 4.34. The number of carbonyl (C=O) groups is 2. The Bertz CT molecular complexity index is 532. The fraction of sp³-hybridized carbons (Fsp3) is 0.615. The molecule has 0 radical (unpaired) electrons. The van der Waals surface area contributed by atoms with Crippen molar-refractivity contribution in [3.63, 3.8) is 0 Å². The van der Waals surface area contributed by atoms with Crippen molar-refractivity contribution in [3.05, 3.63) is 18.0 Å². The zero-order valence-electron chi connectivity index (χ0n) is 11.5. The standard InChI is InChI=1S/C13H18N4O2S/c1-8(9-5-14-15-6-9)16-12(19)10-7-20-13(2)4-3-11(18)17(10)13/h5-6,8,10H,3-4,7H2,1-2H3,(H,14,15)(H,16,19). The summed E-state index contributed by atoms with van der Waals surface area (Å²) in [4.78, 5) is 26.0. The first-order valence-corrected chi connectivity index (χ1v) is 7.75. The molecule has 0 aliphatic carbocycles. The van der Waals surface area contributed by atoms with Gasteiger partial charge in [-0.1, -0.05) is 0 Å². The van der Waals surface area contributed by atoms with Crippen LogP contribution in [0.1, 0.15) is 38.3 Å². The topological polar surface area (TPSA) is 78.1 Å². The predicted octanol–water partition coefficient (Wildman–Crippen LogP) is 1.04. The number of aromatic amines is 1. The molecule has 1 aromatic heterocycles. The molecule has 2 saturated heterocycles. The lowest BCUT2D eigenvalue weighted by atomic mass is 10.1. The molecule has 3 atom stereocenters. The van der Waals surface area contributed by atoms with E-state index in [1.54, 1.807) is 29.1 Å². The first-order valence-electron chi connectivity index (χ1n) is 6.76. The van der Waals surface area contributed by atoms with E-state index in [4.69, 9.17) is 0 Å². The van der Waals surface area contributed by atoms with E-state index in [9.17, 15) is 9.59 Å². The normalized spacial score (nSPS) is 30.4. The van der Waals surface area contributed by atoms with Gasteiger partial charge in [0.05, 0.1) is 17.1 Å². The van der Waals surface area contributed by atoms with Crippen LogP contribution in [0.25, 0.3) is 0 Å². The van der Waals surface area contributed by atoms with Crippen LogP contribution in [0.15, 0.2) is 12.4 Å². The molecule has 7 heteroatoms. The van der Waals surface area contributed by atoms with Gasteiger partial charge in [-0.25, -0.2) is 0 Å². The number of aromatic nitrogens is 2. The van der Waals surface area contributed by atoms with Gasteiger partial charge in [0.1, 0.15) is 6.04 Å². The summed E-state index contributed by atoms with van der Waals surface area (Å²) < 4.78 is 0. The lowest BCUT2D eigenvalue weighted by Crippen LogP contribution is -2.50. The Morgan fingerprint density at radius 1 is 1.70 bits per heavy atom. The molecule has 3 unspecified atom stereocenters. The number of H-pyrrole nitrogens is 1. The molecular formula is C13H18N4O2S. The Labute approximate surface area is 121 Å². The predicted molar refractivity (Wildman–Crippen MR) is 75.9 cm³/mol. The lowest BCUT2D eigenvalue weighted by molar-refractivity contribution is -0.138. The van der Waals surface area contributed by atoms with E-state index in [1.807, 2.05) is 6.92 Å². The Balaban J connectivity index is 1.70. The molecule has 2 amide bonds. The Morgan fingerprint density at radius 3 is 3.20 bits per heavy atom. The number of hydrogen-bond acceptors (Lipinski definition) is 4. The minimum Gasteiger partial charge on any atom is -0.348 e. The lowest BCUT2D eigenvalue weighted by Gasteiger charge is -2.30. The van der Waals surface area contributed by atoms with Crippen LogP contribution in [-0.4, -0.2) is 43.6 Å². The van der Waals surface area contributed by atoms with Crippen molar-refractivity contribution in [2.75, 3.05) is 5.75 Å². The fourth-order valence-electron chi connectivity index (χ4n) is 2.91. The third-order valence-electron chi connectivity index (χ3n) is 4.13. The summed E-state index contributed by atoms with van der Waals surface area (Å²) in [5.41, 5.74) is 0.930. The number of carbonyl (C=O) groups excluding carboxylic acids is 2. The van der Waals surface area contributed by atoms with Crippen LogP contribution in [0.5, 0.6) is 0 Å². The maximum absolute atomic E-state index is 12.4. The molecule has 3 rings (SSSR count).